The molecule has 1 N–H and O–H groups in total. The van der Waals surface area contributed by atoms with Gasteiger partial charge in [-0.3, -0.25) is 9.88 Å². The van der Waals surface area contributed by atoms with E-state index in [2.05, 4.69) is 20.9 Å². The Kier molecular flexibility index (Phi) is 5.77. The lowest BCUT2D eigenvalue weighted by molar-refractivity contribution is 0.0539. The number of piperidine rings is 1. The zero-order valence-electron chi connectivity index (χ0n) is 14.1. The monoisotopic (exact) mass is 327 g/mol. The van der Waals surface area contributed by atoms with E-state index in [1.54, 1.807) is 6.20 Å². The fourth-order valence-electron chi connectivity index (χ4n) is 3.22. The van der Waals surface area contributed by atoms with Crippen LogP contribution in [0.5, 0.6) is 5.88 Å². The van der Waals surface area contributed by atoms with Crippen molar-refractivity contribution in [3.05, 3.63) is 54.0 Å². The highest BCUT2D eigenvalue weighted by atomic mass is 16.5. The van der Waals surface area contributed by atoms with Gasteiger partial charge in [-0.2, -0.15) is 0 Å². The molecule has 1 aliphatic rings. The van der Waals surface area contributed by atoms with Gasteiger partial charge in [0.15, 0.2) is 0 Å². The van der Waals surface area contributed by atoms with E-state index in [1.165, 1.54) is 5.56 Å². The maximum atomic E-state index is 10.5. The molecule has 3 heterocycles. The molecule has 0 amide bonds. The predicted octanol–water partition coefficient (Wildman–Crippen LogP) is 2.82. The molecule has 128 valence electrons. The van der Waals surface area contributed by atoms with Crippen LogP contribution >= 0.6 is 0 Å². The summed E-state index contributed by atoms with van der Waals surface area (Å²) in [6, 6.07) is 9.72. The Bertz CT molecular complexity index is 610. The predicted molar refractivity (Wildman–Crippen MR) is 92.6 cm³/mol. The van der Waals surface area contributed by atoms with Crippen LogP contribution in [0, 0.1) is 5.92 Å². The van der Waals surface area contributed by atoms with E-state index in [0.717, 1.165) is 38.2 Å². The number of rotatable bonds is 6. The first kappa shape index (κ1) is 16.9. The van der Waals surface area contributed by atoms with E-state index < -0.39 is 6.10 Å². The van der Waals surface area contributed by atoms with Crippen LogP contribution in [-0.2, 0) is 6.54 Å². The molecule has 0 radical (unpaired) electrons. The van der Waals surface area contributed by atoms with Gasteiger partial charge in [0.2, 0.25) is 5.88 Å². The first-order chi connectivity index (χ1) is 11.8. The van der Waals surface area contributed by atoms with Gasteiger partial charge in [-0.1, -0.05) is 12.1 Å². The number of nitrogens with zero attached hydrogens (tertiary/aromatic N) is 3. The molecular formula is C19H25N3O2. The zero-order valence-corrected chi connectivity index (χ0v) is 14.1. The molecule has 0 saturated carbocycles. The van der Waals surface area contributed by atoms with Crippen LogP contribution in [0.2, 0.25) is 0 Å². The number of hydrogen-bond acceptors (Lipinski definition) is 5. The molecule has 0 spiro atoms. The molecule has 2 aromatic heterocycles. The number of pyridine rings is 2. The Morgan fingerprint density at radius 1 is 1.21 bits per heavy atom. The van der Waals surface area contributed by atoms with E-state index in [4.69, 9.17) is 4.74 Å². The summed E-state index contributed by atoms with van der Waals surface area (Å²) in [5.41, 5.74) is 1.98. The number of aliphatic hydroxyl groups is 1. The average molecular weight is 327 g/mol. The summed E-state index contributed by atoms with van der Waals surface area (Å²) in [5.74, 6) is 0.966. The number of aliphatic hydroxyl groups excluding tert-OH is 1. The molecule has 24 heavy (non-hydrogen) atoms. The highest BCUT2D eigenvalue weighted by Gasteiger charge is 2.26. The molecule has 2 aromatic rings. The number of likely N-dealkylation sites (tertiary alicyclic amines) is 1. The van der Waals surface area contributed by atoms with Gasteiger partial charge in [-0.15, -0.1) is 0 Å². The van der Waals surface area contributed by atoms with Gasteiger partial charge in [0.05, 0.1) is 18.4 Å². The first-order valence-electron chi connectivity index (χ1n) is 8.65. The lowest BCUT2D eigenvalue weighted by Gasteiger charge is -2.34. The van der Waals surface area contributed by atoms with Crippen LogP contribution in [0.1, 0.15) is 37.1 Å². The summed E-state index contributed by atoms with van der Waals surface area (Å²) < 4.78 is 5.37. The molecule has 1 aliphatic heterocycles. The number of aromatic nitrogens is 2. The zero-order chi connectivity index (χ0) is 16.8. The Labute approximate surface area is 143 Å². The summed E-state index contributed by atoms with van der Waals surface area (Å²) in [4.78, 5) is 11.0. The molecule has 0 aromatic carbocycles. The third kappa shape index (κ3) is 4.30. The van der Waals surface area contributed by atoms with Gasteiger partial charge in [0, 0.05) is 25.0 Å². The molecule has 1 fully saturated rings. The van der Waals surface area contributed by atoms with Crippen molar-refractivity contribution in [2.75, 3.05) is 19.7 Å². The average Bonchev–Trinajstić information content (AvgIpc) is 2.64. The van der Waals surface area contributed by atoms with Crippen molar-refractivity contribution in [3.63, 3.8) is 0 Å². The summed E-state index contributed by atoms with van der Waals surface area (Å²) in [6.07, 6.45) is 5.15. The summed E-state index contributed by atoms with van der Waals surface area (Å²) in [5, 5.41) is 10.5. The Balaban J connectivity index is 1.50. The molecule has 1 saturated heterocycles. The van der Waals surface area contributed by atoms with Gasteiger partial charge in [0.1, 0.15) is 0 Å². The van der Waals surface area contributed by atoms with Crippen molar-refractivity contribution in [3.8, 4) is 5.88 Å². The smallest absolute Gasteiger partial charge is 0.213 e. The first-order valence-corrected chi connectivity index (χ1v) is 8.65. The largest absolute Gasteiger partial charge is 0.478 e. The minimum atomic E-state index is -0.458. The third-order valence-corrected chi connectivity index (χ3v) is 4.57. The molecule has 3 rings (SSSR count). The highest BCUT2D eigenvalue weighted by molar-refractivity contribution is 5.18. The van der Waals surface area contributed by atoms with E-state index in [9.17, 15) is 5.11 Å². The van der Waals surface area contributed by atoms with Crippen molar-refractivity contribution in [2.45, 2.75) is 32.4 Å². The van der Waals surface area contributed by atoms with Gasteiger partial charge in [0.25, 0.3) is 0 Å². The van der Waals surface area contributed by atoms with Gasteiger partial charge in [-0.25, -0.2) is 4.98 Å². The van der Waals surface area contributed by atoms with Gasteiger partial charge >= 0.3 is 0 Å². The molecule has 0 bridgehead atoms. The Morgan fingerprint density at radius 3 is 2.67 bits per heavy atom. The maximum absolute atomic E-state index is 10.5. The molecular weight excluding hydrogens is 302 g/mol. The number of hydrogen-bond donors (Lipinski definition) is 1. The van der Waals surface area contributed by atoms with Crippen molar-refractivity contribution < 1.29 is 9.84 Å². The van der Waals surface area contributed by atoms with Crippen molar-refractivity contribution in [2.24, 2.45) is 5.92 Å². The molecule has 5 nitrogen and oxygen atoms in total. The summed E-state index contributed by atoms with van der Waals surface area (Å²) in [6.45, 7) is 5.47. The van der Waals surface area contributed by atoms with Crippen LogP contribution in [0.3, 0.4) is 0 Å². The normalized spacial score (nSPS) is 17.6. The minimum Gasteiger partial charge on any atom is -0.478 e. The second kappa shape index (κ2) is 8.22. The van der Waals surface area contributed by atoms with Crippen molar-refractivity contribution >= 4 is 0 Å². The van der Waals surface area contributed by atoms with Crippen LogP contribution in [0.15, 0.2) is 42.7 Å². The van der Waals surface area contributed by atoms with Gasteiger partial charge in [-0.05, 0) is 56.5 Å². The molecule has 5 heteroatoms. The van der Waals surface area contributed by atoms with Crippen LogP contribution < -0.4 is 4.74 Å². The lowest BCUT2D eigenvalue weighted by atomic mass is 9.89. The number of ether oxygens (including phenoxy) is 1. The van der Waals surface area contributed by atoms with E-state index in [-0.39, 0.29) is 5.92 Å². The fourth-order valence-corrected chi connectivity index (χ4v) is 3.22. The molecule has 1 atom stereocenters. The molecule has 1 unspecified atom stereocenters. The standard InChI is InChI=1S/C19H25N3O2/c1-2-24-18-7-6-15(13-21-18)14-22-11-8-16(9-12-22)19(23)17-5-3-4-10-20-17/h3-7,10,13,16,19,23H,2,8-9,11-12,14H2,1H3. The summed E-state index contributed by atoms with van der Waals surface area (Å²) in [7, 11) is 0. The summed E-state index contributed by atoms with van der Waals surface area (Å²) >= 11 is 0. The van der Waals surface area contributed by atoms with Crippen LogP contribution in [-0.4, -0.2) is 39.7 Å². The molecule has 0 aliphatic carbocycles. The van der Waals surface area contributed by atoms with Crippen LogP contribution in [0.4, 0.5) is 0 Å². The van der Waals surface area contributed by atoms with E-state index >= 15 is 0 Å². The lowest BCUT2D eigenvalue weighted by Crippen LogP contribution is -2.35. The van der Waals surface area contributed by atoms with Crippen molar-refractivity contribution in [1.29, 1.82) is 0 Å². The minimum absolute atomic E-state index is 0.287. The van der Waals surface area contributed by atoms with Crippen molar-refractivity contribution in [1.82, 2.24) is 14.9 Å². The third-order valence-electron chi connectivity index (χ3n) is 4.57. The Hall–Kier alpha value is -1.98. The second-order valence-corrected chi connectivity index (χ2v) is 6.25. The highest BCUT2D eigenvalue weighted by Crippen LogP contribution is 2.30. The Morgan fingerprint density at radius 2 is 2.04 bits per heavy atom. The van der Waals surface area contributed by atoms with Crippen LogP contribution in [0.25, 0.3) is 0 Å². The van der Waals surface area contributed by atoms with E-state index in [1.807, 2.05) is 37.4 Å². The topological polar surface area (TPSA) is 58.5 Å². The fraction of sp³-hybridized carbons (Fsp3) is 0.474. The SMILES string of the molecule is CCOc1ccc(CN2CCC(C(O)c3ccccn3)CC2)cn1. The quantitative estimate of drug-likeness (QED) is 0.884. The maximum Gasteiger partial charge on any atom is 0.213 e. The van der Waals surface area contributed by atoms with E-state index in [0.29, 0.717) is 12.5 Å². The second-order valence-electron chi connectivity index (χ2n) is 6.25. The van der Waals surface area contributed by atoms with Gasteiger partial charge < -0.3 is 9.84 Å².